The minimum atomic E-state index is -0.536. The smallest absolute Gasteiger partial charge is 0.234 e. The van der Waals surface area contributed by atoms with Gasteiger partial charge in [-0.05, 0) is 26.0 Å². The van der Waals surface area contributed by atoms with Crippen molar-refractivity contribution in [1.82, 2.24) is 5.32 Å². The maximum Gasteiger partial charge on any atom is 0.234 e. The topological polar surface area (TPSA) is 55.1 Å². The van der Waals surface area contributed by atoms with E-state index in [-0.39, 0.29) is 6.04 Å². The van der Waals surface area contributed by atoms with Gasteiger partial charge in [-0.15, -0.1) is 0 Å². The highest BCUT2D eigenvalue weighted by molar-refractivity contribution is 6.31. The summed E-state index contributed by atoms with van der Waals surface area (Å²) in [6.45, 7) is 3.34. The maximum atomic E-state index is 13.5. The third-order valence-electron chi connectivity index (χ3n) is 2.36. The number of primary amides is 1. The summed E-state index contributed by atoms with van der Waals surface area (Å²) in [6.07, 6.45) is 0. The number of hydrogen-bond acceptors (Lipinski definition) is 2. The monoisotopic (exact) mass is 244 g/mol. The lowest BCUT2D eigenvalue weighted by Gasteiger charge is -2.19. The summed E-state index contributed by atoms with van der Waals surface area (Å²) >= 11 is 5.89. The Morgan fingerprint density at radius 3 is 2.62 bits per heavy atom. The van der Waals surface area contributed by atoms with E-state index in [4.69, 9.17) is 17.3 Å². The van der Waals surface area contributed by atoms with E-state index in [9.17, 15) is 9.18 Å². The summed E-state index contributed by atoms with van der Waals surface area (Å²) in [6, 6.07) is 3.55. The number of nitrogens with one attached hydrogen (secondary N) is 1. The highest BCUT2D eigenvalue weighted by Gasteiger charge is 2.18. The lowest BCUT2D eigenvalue weighted by molar-refractivity contribution is -0.119. The van der Waals surface area contributed by atoms with Gasteiger partial charge >= 0.3 is 0 Å². The molecule has 0 aliphatic rings. The van der Waals surface area contributed by atoms with Crippen LogP contribution in [0.1, 0.15) is 25.5 Å². The molecule has 1 rings (SSSR count). The Morgan fingerprint density at radius 1 is 1.50 bits per heavy atom. The van der Waals surface area contributed by atoms with Crippen LogP contribution in [0.5, 0.6) is 0 Å². The second-order valence-corrected chi connectivity index (χ2v) is 4.05. The Kier molecular flexibility index (Phi) is 4.26. The fraction of sp³-hybridized carbons (Fsp3) is 0.364. The van der Waals surface area contributed by atoms with Crippen LogP contribution >= 0.6 is 11.6 Å². The van der Waals surface area contributed by atoms with Crippen molar-refractivity contribution in [2.45, 2.75) is 25.9 Å². The number of hydrogen-bond donors (Lipinski definition) is 2. The number of halogens is 2. The van der Waals surface area contributed by atoms with Crippen LogP contribution in [0.3, 0.4) is 0 Å². The summed E-state index contributed by atoms with van der Waals surface area (Å²) in [5.41, 5.74) is 5.45. The van der Waals surface area contributed by atoms with Crippen molar-refractivity contribution < 1.29 is 9.18 Å². The first-order valence-corrected chi connectivity index (χ1v) is 5.30. The van der Waals surface area contributed by atoms with Gasteiger partial charge in [0, 0.05) is 16.6 Å². The third-order valence-corrected chi connectivity index (χ3v) is 2.69. The van der Waals surface area contributed by atoms with Gasteiger partial charge in [0.15, 0.2) is 0 Å². The highest BCUT2D eigenvalue weighted by Crippen LogP contribution is 2.25. The van der Waals surface area contributed by atoms with Crippen molar-refractivity contribution >= 4 is 17.5 Å². The molecule has 0 bridgehead atoms. The normalized spacial score (nSPS) is 14.5. The van der Waals surface area contributed by atoms with Crippen molar-refractivity contribution in [2.24, 2.45) is 5.73 Å². The van der Waals surface area contributed by atoms with Crippen LogP contribution in [0.25, 0.3) is 0 Å². The highest BCUT2D eigenvalue weighted by atomic mass is 35.5. The van der Waals surface area contributed by atoms with Crippen LogP contribution in [-0.2, 0) is 4.79 Å². The van der Waals surface area contributed by atoms with Crippen LogP contribution in [-0.4, -0.2) is 11.9 Å². The molecule has 3 nitrogen and oxygen atoms in total. The Balaban J connectivity index is 2.88. The molecule has 0 aliphatic carbocycles. The van der Waals surface area contributed by atoms with Crippen LogP contribution in [0.15, 0.2) is 18.2 Å². The molecule has 5 heteroatoms. The van der Waals surface area contributed by atoms with Crippen molar-refractivity contribution in [3.63, 3.8) is 0 Å². The van der Waals surface area contributed by atoms with Gasteiger partial charge in [-0.3, -0.25) is 10.1 Å². The molecule has 0 aliphatic heterocycles. The van der Waals surface area contributed by atoms with Crippen LogP contribution in [0.4, 0.5) is 4.39 Å². The van der Waals surface area contributed by atoms with Crippen molar-refractivity contribution in [1.29, 1.82) is 0 Å². The molecule has 0 saturated heterocycles. The molecule has 3 N–H and O–H groups in total. The van der Waals surface area contributed by atoms with Gasteiger partial charge in [0.2, 0.25) is 5.91 Å². The molecule has 1 aromatic carbocycles. The molecule has 0 fully saturated rings. The molecule has 0 heterocycles. The number of nitrogens with two attached hydrogens (primary N) is 1. The SMILES string of the molecule is C[C@H](N[C@H](C)C(N)=O)c1c(F)cccc1Cl. The summed E-state index contributed by atoms with van der Waals surface area (Å²) in [5, 5.41) is 3.21. The largest absolute Gasteiger partial charge is 0.368 e. The van der Waals surface area contributed by atoms with E-state index in [1.54, 1.807) is 19.9 Å². The molecule has 0 saturated carbocycles. The molecule has 0 unspecified atom stereocenters. The summed E-state index contributed by atoms with van der Waals surface area (Å²) < 4.78 is 13.5. The zero-order valence-electron chi connectivity index (χ0n) is 9.13. The first-order chi connectivity index (χ1) is 7.43. The minimum absolute atomic E-state index is 0.330. The van der Waals surface area contributed by atoms with Gasteiger partial charge < -0.3 is 5.73 Å². The van der Waals surface area contributed by atoms with Gasteiger partial charge in [0.1, 0.15) is 5.82 Å². The molecule has 0 aromatic heterocycles. The minimum Gasteiger partial charge on any atom is -0.368 e. The number of carbonyl (C=O) groups is 1. The van der Waals surface area contributed by atoms with Gasteiger partial charge in [0.25, 0.3) is 0 Å². The second kappa shape index (κ2) is 5.27. The van der Waals surface area contributed by atoms with E-state index in [0.29, 0.717) is 10.6 Å². The summed E-state index contributed by atoms with van der Waals surface area (Å²) in [5.74, 6) is -0.886. The molecule has 88 valence electrons. The predicted molar refractivity (Wildman–Crippen MR) is 61.6 cm³/mol. The quantitative estimate of drug-likeness (QED) is 0.851. The fourth-order valence-electron chi connectivity index (χ4n) is 1.46. The van der Waals surface area contributed by atoms with E-state index >= 15 is 0 Å². The first-order valence-electron chi connectivity index (χ1n) is 4.92. The lowest BCUT2D eigenvalue weighted by Crippen LogP contribution is -2.40. The molecular formula is C11H14ClFN2O. The van der Waals surface area contributed by atoms with E-state index < -0.39 is 17.8 Å². The Labute approximate surface area is 98.8 Å². The zero-order valence-corrected chi connectivity index (χ0v) is 9.88. The Morgan fingerprint density at radius 2 is 2.12 bits per heavy atom. The second-order valence-electron chi connectivity index (χ2n) is 3.65. The summed E-state index contributed by atoms with van der Waals surface area (Å²) in [4.78, 5) is 10.9. The predicted octanol–water partition coefficient (Wildman–Crippen LogP) is 2.00. The average molecular weight is 245 g/mol. The summed E-state index contributed by atoms with van der Waals surface area (Å²) in [7, 11) is 0. The van der Waals surface area contributed by atoms with E-state index in [1.807, 2.05) is 0 Å². The van der Waals surface area contributed by atoms with E-state index in [0.717, 1.165) is 0 Å². The van der Waals surface area contributed by atoms with E-state index in [1.165, 1.54) is 12.1 Å². The molecule has 16 heavy (non-hydrogen) atoms. The zero-order chi connectivity index (χ0) is 12.3. The lowest BCUT2D eigenvalue weighted by atomic mass is 10.1. The Bertz CT molecular complexity index is 377. The van der Waals surface area contributed by atoms with Crippen LogP contribution < -0.4 is 11.1 Å². The Hall–Kier alpha value is -1.13. The van der Waals surface area contributed by atoms with Crippen LogP contribution in [0.2, 0.25) is 5.02 Å². The van der Waals surface area contributed by atoms with Crippen molar-refractivity contribution in [2.75, 3.05) is 0 Å². The van der Waals surface area contributed by atoms with Crippen molar-refractivity contribution in [3.05, 3.63) is 34.6 Å². The molecule has 1 amide bonds. The van der Waals surface area contributed by atoms with Crippen LogP contribution in [0, 0.1) is 5.82 Å². The molecule has 1 aromatic rings. The van der Waals surface area contributed by atoms with Gasteiger partial charge in [-0.2, -0.15) is 0 Å². The number of rotatable bonds is 4. The molecule has 0 spiro atoms. The molecular weight excluding hydrogens is 231 g/mol. The van der Waals surface area contributed by atoms with E-state index in [2.05, 4.69) is 5.32 Å². The average Bonchev–Trinajstić information content (AvgIpc) is 2.16. The van der Waals surface area contributed by atoms with Gasteiger partial charge in [-0.1, -0.05) is 17.7 Å². The first kappa shape index (κ1) is 12.9. The number of benzene rings is 1. The number of carbonyl (C=O) groups excluding carboxylic acids is 1. The fourth-order valence-corrected chi connectivity index (χ4v) is 1.79. The van der Waals surface area contributed by atoms with Gasteiger partial charge in [-0.25, -0.2) is 4.39 Å². The third kappa shape index (κ3) is 2.93. The standard InChI is InChI=1S/C11H14ClFN2O/c1-6(15-7(2)11(14)16)10-8(12)4-3-5-9(10)13/h3-7,15H,1-2H3,(H2,14,16)/t6-,7+/m0/s1. The molecule has 0 radical (unpaired) electrons. The van der Waals surface area contributed by atoms with Crippen molar-refractivity contribution in [3.8, 4) is 0 Å². The molecule has 2 atom stereocenters. The maximum absolute atomic E-state index is 13.5. The van der Waals surface area contributed by atoms with Gasteiger partial charge in [0.05, 0.1) is 6.04 Å². The number of amides is 1.